The van der Waals surface area contributed by atoms with E-state index in [1.165, 1.54) is 0 Å². The van der Waals surface area contributed by atoms with E-state index in [4.69, 9.17) is 39.9 Å². The summed E-state index contributed by atoms with van der Waals surface area (Å²) in [6.07, 6.45) is 0. The van der Waals surface area contributed by atoms with Crippen LogP contribution in [-0.4, -0.2) is 29.9 Å². The van der Waals surface area contributed by atoms with Crippen LogP contribution in [-0.2, 0) is 17.1 Å². The van der Waals surface area contributed by atoms with Gasteiger partial charge in [0.1, 0.15) is 0 Å². The molecule has 13 rings (SSSR count). The molecule has 0 spiro atoms. The molecule has 0 aliphatic carbocycles. The maximum Gasteiger partial charge on any atom is 2.00 e. The number of aromatic nitrogens is 8. The third-order valence-corrected chi connectivity index (χ3v) is 12.3. The van der Waals surface area contributed by atoms with Gasteiger partial charge in [0.2, 0.25) is 0 Å². The topological polar surface area (TPSA) is 106 Å². The number of rotatable bonds is 0. The van der Waals surface area contributed by atoms with Crippen molar-refractivity contribution in [2.45, 2.75) is 27.7 Å². The van der Waals surface area contributed by atoms with E-state index < -0.39 is 0 Å². The van der Waals surface area contributed by atoms with Crippen LogP contribution >= 0.6 is 0 Å². The van der Waals surface area contributed by atoms with E-state index in [0.29, 0.717) is 45.9 Å². The van der Waals surface area contributed by atoms with Gasteiger partial charge in [0.15, 0.2) is 0 Å². The monoisotopic (exact) mass is 824 g/mol. The molecular weight excluding hydrogens is 792 g/mol. The molecule has 2 aliphatic rings. The van der Waals surface area contributed by atoms with Gasteiger partial charge in [-0.25, -0.2) is 9.97 Å². The Hall–Kier alpha value is -7.32. The normalized spacial score (nSPS) is 12.1. The Morgan fingerprint density at radius 3 is 1.08 bits per heavy atom. The van der Waals surface area contributed by atoms with Gasteiger partial charge in [-0.3, -0.25) is 0 Å². The van der Waals surface area contributed by atoms with E-state index in [2.05, 4.69) is 149 Å². The van der Waals surface area contributed by atoms with E-state index in [1.54, 1.807) is 0 Å². The summed E-state index contributed by atoms with van der Waals surface area (Å²) in [5.41, 5.74) is 10.4. The summed E-state index contributed by atoms with van der Waals surface area (Å²) in [6, 6.07) is 42.9. The van der Waals surface area contributed by atoms with E-state index in [9.17, 15) is 0 Å². The van der Waals surface area contributed by atoms with Crippen LogP contribution in [0.2, 0.25) is 0 Å². The van der Waals surface area contributed by atoms with Gasteiger partial charge in [-0.05, 0) is 81.6 Å². The minimum Gasteiger partial charge on any atom is -0.357 e. The molecule has 288 valence electrons. The van der Waals surface area contributed by atoms with Crippen LogP contribution in [0.1, 0.15) is 22.3 Å². The Labute approximate surface area is 359 Å². The van der Waals surface area contributed by atoms with Crippen LogP contribution in [0.3, 0.4) is 0 Å². The standard InChI is InChI=1S/C52H32N8.Fe/c1-25-5-9-29-13-17-33-41(37(29)21-25)49-54-45(33)53-46-34-18-14-31-11-7-27(3)23-39(31)43(34)51(55-46)60-52-44-36(20-16-32-12-8-28(4)24-40(32)44)48(59-52)58-50-42-35(47(56-49)57-50)19-15-30-10-6-26(2)22-38(30)42;/h5-24H,1-4H3;/q-2;+2. The Kier molecular flexibility index (Phi) is 7.50. The van der Waals surface area contributed by atoms with Crippen LogP contribution in [0.5, 0.6) is 0 Å². The molecule has 8 aromatic carbocycles. The van der Waals surface area contributed by atoms with Crippen molar-refractivity contribution in [2.75, 3.05) is 0 Å². The molecule has 0 atom stereocenters. The minimum absolute atomic E-state index is 0. The van der Waals surface area contributed by atoms with Crippen LogP contribution in [0, 0.1) is 27.7 Å². The fraction of sp³-hybridized carbons (Fsp3) is 0.0769. The third kappa shape index (κ3) is 5.24. The van der Waals surface area contributed by atoms with Crippen molar-refractivity contribution in [3.05, 3.63) is 144 Å². The average molecular weight is 825 g/mol. The average Bonchev–Trinajstić information content (AvgIpc) is 3.99. The molecule has 0 fully saturated rings. The van der Waals surface area contributed by atoms with Gasteiger partial charge in [0.25, 0.3) is 0 Å². The Morgan fingerprint density at radius 1 is 0.311 bits per heavy atom. The molecule has 0 saturated carbocycles. The maximum absolute atomic E-state index is 5.42. The molecule has 0 amide bonds. The van der Waals surface area contributed by atoms with Crippen molar-refractivity contribution in [3.8, 4) is 45.6 Å². The first-order valence-corrected chi connectivity index (χ1v) is 20.2. The third-order valence-electron chi connectivity index (χ3n) is 12.3. The van der Waals surface area contributed by atoms with E-state index in [1.807, 2.05) is 0 Å². The molecule has 61 heavy (non-hydrogen) atoms. The molecule has 2 aliphatic heterocycles. The number of nitrogens with zero attached hydrogens (tertiary/aromatic N) is 8. The van der Waals surface area contributed by atoms with Gasteiger partial charge in [0, 0.05) is 55.6 Å². The molecule has 0 unspecified atom stereocenters. The second-order valence-corrected chi connectivity index (χ2v) is 16.3. The van der Waals surface area contributed by atoms with Crippen molar-refractivity contribution < 1.29 is 17.1 Å². The summed E-state index contributed by atoms with van der Waals surface area (Å²) in [5.74, 6) is 2.17. The van der Waals surface area contributed by atoms with Crippen LogP contribution in [0.25, 0.3) is 133 Å². The van der Waals surface area contributed by atoms with E-state index in [0.717, 1.165) is 109 Å². The molecular formula is C52H32FeN8. The molecule has 0 N–H and O–H groups in total. The van der Waals surface area contributed by atoms with Gasteiger partial charge in [-0.15, -0.1) is 0 Å². The van der Waals surface area contributed by atoms with Crippen molar-refractivity contribution in [3.63, 3.8) is 0 Å². The predicted molar refractivity (Wildman–Crippen MR) is 243 cm³/mol. The molecule has 11 aromatic rings. The summed E-state index contributed by atoms with van der Waals surface area (Å²) in [6.45, 7) is 8.45. The number of fused-ring (bicyclic) bond motifs is 28. The first kappa shape index (κ1) is 35.6. The summed E-state index contributed by atoms with van der Waals surface area (Å²) < 4.78 is 0. The number of benzene rings is 8. The molecule has 0 saturated heterocycles. The summed E-state index contributed by atoms with van der Waals surface area (Å²) in [5, 5.41) is 12.2. The van der Waals surface area contributed by atoms with Crippen LogP contribution < -0.4 is 9.97 Å². The summed E-state index contributed by atoms with van der Waals surface area (Å²) >= 11 is 0. The second kappa shape index (κ2) is 12.8. The fourth-order valence-electron chi connectivity index (χ4n) is 9.37. The van der Waals surface area contributed by atoms with Crippen LogP contribution in [0.15, 0.2) is 121 Å². The Morgan fingerprint density at radius 2 is 0.639 bits per heavy atom. The predicted octanol–water partition coefficient (Wildman–Crippen LogP) is 12.0. The molecule has 3 aromatic heterocycles. The van der Waals surface area contributed by atoms with Gasteiger partial charge < -0.3 is 29.9 Å². The van der Waals surface area contributed by atoms with Crippen molar-refractivity contribution in [1.82, 2.24) is 39.9 Å². The molecule has 5 heterocycles. The summed E-state index contributed by atoms with van der Waals surface area (Å²) in [7, 11) is 0. The first-order chi connectivity index (χ1) is 29.3. The quantitative estimate of drug-likeness (QED) is 0.139. The van der Waals surface area contributed by atoms with Crippen LogP contribution in [0.4, 0.5) is 0 Å². The van der Waals surface area contributed by atoms with Gasteiger partial charge >= 0.3 is 17.1 Å². The molecule has 8 nitrogen and oxygen atoms in total. The zero-order valence-electron chi connectivity index (χ0n) is 33.5. The summed E-state index contributed by atoms with van der Waals surface area (Å²) in [4.78, 5) is 42.5. The smallest absolute Gasteiger partial charge is 0.357 e. The fourth-order valence-corrected chi connectivity index (χ4v) is 9.37. The van der Waals surface area contributed by atoms with E-state index >= 15 is 0 Å². The largest absolute Gasteiger partial charge is 2.00 e. The second-order valence-electron chi connectivity index (χ2n) is 16.3. The van der Waals surface area contributed by atoms with Gasteiger partial charge in [-0.2, -0.15) is 0 Å². The van der Waals surface area contributed by atoms with Crippen molar-refractivity contribution in [2.24, 2.45) is 0 Å². The van der Waals surface area contributed by atoms with Gasteiger partial charge in [-0.1, -0.05) is 144 Å². The number of aryl methyl sites for hydroxylation is 4. The number of hydrogen-bond donors (Lipinski definition) is 0. The first-order valence-electron chi connectivity index (χ1n) is 20.2. The molecule has 9 heteroatoms. The van der Waals surface area contributed by atoms with Crippen molar-refractivity contribution >= 4 is 87.2 Å². The Balaban J connectivity index is 0.00000399. The Bertz CT molecular complexity index is 3960. The molecule has 0 radical (unpaired) electrons. The van der Waals surface area contributed by atoms with Crippen molar-refractivity contribution in [1.29, 1.82) is 0 Å². The zero-order valence-corrected chi connectivity index (χ0v) is 34.6. The van der Waals surface area contributed by atoms with E-state index in [-0.39, 0.29) is 17.1 Å². The SMILES string of the molecule is Cc1ccc2ccc3c(c2c1)-c1nc-3nc2[n-]c(nc3nc(nc4[n-]c(n1)c1ccc5ccc(C)cc5c41)-c1c-3ccc3ccc(C)cc13)c1ccc3ccc(C)cc3c21.[Fe+2]. The molecule has 8 bridgehead atoms. The maximum atomic E-state index is 5.42. The number of hydrogen-bond acceptors (Lipinski definition) is 6. The zero-order chi connectivity index (χ0) is 40.0. The van der Waals surface area contributed by atoms with Gasteiger partial charge in [0.05, 0.1) is 23.3 Å². The minimum atomic E-state index is 0.